The lowest BCUT2D eigenvalue weighted by Gasteiger charge is -2.26. The van der Waals surface area contributed by atoms with Gasteiger partial charge in [0.05, 0.1) is 6.61 Å². The fourth-order valence-corrected chi connectivity index (χ4v) is 1.01. The third-order valence-corrected chi connectivity index (χ3v) is 1.98. The van der Waals surface area contributed by atoms with Gasteiger partial charge in [0, 0.05) is 45.5 Å². The Morgan fingerprint density at radius 2 is 1.81 bits per heavy atom. The summed E-state index contributed by atoms with van der Waals surface area (Å²) in [5.74, 6) is 0. The molecule has 2 unspecified atom stereocenters. The van der Waals surface area contributed by atoms with Crippen LogP contribution in [0.1, 0.15) is 25.7 Å². The van der Waals surface area contributed by atoms with Gasteiger partial charge < -0.3 is 44.9 Å². The van der Waals surface area contributed by atoms with E-state index in [1.807, 2.05) is 0 Å². The summed E-state index contributed by atoms with van der Waals surface area (Å²) < 4.78 is 9.95. The van der Waals surface area contributed by atoms with Crippen molar-refractivity contribution in [3.8, 4) is 0 Å². The van der Waals surface area contributed by atoms with Crippen LogP contribution in [0.25, 0.3) is 0 Å². The molecule has 21 heavy (non-hydrogen) atoms. The second-order valence-corrected chi connectivity index (χ2v) is 3.86. The monoisotopic (exact) mass is 314 g/mol. The lowest BCUT2D eigenvalue weighted by molar-refractivity contribution is -0.272. The van der Waals surface area contributed by atoms with Crippen LogP contribution in [0.4, 0.5) is 0 Å². The molecule has 0 aromatic heterocycles. The largest absolute Gasteiger partial charge is 0.396 e. The zero-order valence-corrected chi connectivity index (χ0v) is 11.9. The number of carbonyl (C=O) groups is 1. The minimum atomic E-state index is -1.35. The molecule has 0 amide bonds. The summed E-state index contributed by atoms with van der Waals surface area (Å²) in [7, 11) is 0. The van der Waals surface area contributed by atoms with Crippen molar-refractivity contribution < 1.29 is 44.9 Å². The van der Waals surface area contributed by atoms with E-state index in [0.29, 0.717) is 25.7 Å². The summed E-state index contributed by atoms with van der Waals surface area (Å²) in [6, 6.07) is 0. The lowest BCUT2D eigenvalue weighted by atomic mass is 10.3. The van der Waals surface area contributed by atoms with Crippen LogP contribution >= 0.6 is 0 Å². The van der Waals surface area contributed by atoms with Gasteiger partial charge in [0.1, 0.15) is 6.29 Å². The van der Waals surface area contributed by atoms with E-state index in [1.165, 1.54) is 0 Å². The summed E-state index contributed by atoms with van der Waals surface area (Å²) in [6.45, 7) is 0.338. The Bertz CT molecular complexity index is 211. The van der Waals surface area contributed by atoms with Gasteiger partial charge in [-0.1, -0.05) is 0 Å². The van der Waals surface area contributed by atoms with Gasteiger partial charge in [0.15, 0.2) is 18.9 Å². The zero-order chi connectivity index (χ0) is 16.5. The Kier molecular flexibility index (Phi) is 18.8. The molecule has 1 rings (SSSR count). The highest BCUT2D eigenvalue weighted by Crippen LogP contribution is 2.11. The maximum Gasteiger partial charge on any atom is 0.162 e. The number of carbonyl (C=O) groups excluding carboxylic acids is 1. The van der Waals surface area contributed by atoms with E-state index in [9.17, 15) is 4.79 Å². The highest BCUT2D eigenvalue weighted by molar-refractivity contribution is 5.49. The van der Waals surface area contributed by atoms with Crippen molar-refractivity contribution in [1.82, 2.24) is 0 Å². The van der Waals surface area contributed by atoms with Gasteiger partial charge in [-0.2, -0.15) is 0 Å². The van der Waals surface area contributed by atoms with E-state index in [-0.39, 0.29) is 32.7 Å². The van der Waals surface area contributed by atoms with Crippen LogP contribution in [0.15, 0.2) is 0 Å². The summed E-state index contributed by atoms with van der Waals surface area (Å²) in [5, 5.41) is 49.0. The molecule has 9 heteroatoms. The molecule has 1 heterocycles. The summed E-state index contributed by atoms with van der Waals surface area (Å²) >= 11 is 0. The van der Waals surface area contributed by atoms with Crippen molar-refractivity contribution in [2.75, 3.05) is 26.4 Å². The van der Waals surface area contributed by atoms with Gasteiger partial charge in [-0.3, -0.25) is 0 Å². The van der Waals surface area contributed by atoms with Crippen molar-refractivity contribution in [3.05, 3.63) is 0 Å². The van der Waals surface area contributed by atoms with E-state index >= 15 is 0 Å². The van der Waals surface area contributed by atoms with Gasteiger partial charge in [-0.25, -0.2) is 0 Å². The van der Waals surface area contributed by atoms with E-state index in [2.05, 4.69) is 0 Å². The van der Waals surface area contributed by atoms with Gasteiger partial charge >= 0.3 is 0 Å². The van der Waals surface area contributed by atoms with Crippen molar-refractivity contribution >= 4 is 6.29 Å². The van der Waals surface area contributed by atoms with Gasteiger partial charge in [0.25, 0.3) is 0 Å². The maximum atomic E-state index is 9.24. The average Bonchev–Trinajstić information content (AvgIpc) is 2.41. The second-order valence-electron chi connectivity index (χ2n) is 3.86. The predicted molar refractivity (Wildman–Crippen MR) is 70.8 cm³/mol. The molecule has 2 atom stereocenters. The van der Waals surface area contributed by atoms with E-state index in [0.717, 1.165) is 0 Å². The minimum Gasteiger partial charge on any atom is -0.396 e. The number of hydrogen-bond donors (Lipinski definition) is 6. The van der Waals surface area contributed by atoms with Crippen LogP contribution in [0.3, 0.4) is 0 Å². The molecule has 0 saturated carbocycles. The Labute approximate surface area is 123 Å². The van der Waals surface area contributed by atoms with Crippen molar-refractivity contribution in [2.45, 2.75) is 44.6 Å². The van der Waals surface area contributed by atoms with E-state index < -0.39 is 18.9 Å². The molecule has 0 spiro atoms. The Hall–Kier alpha value is -0.650. The Morgan fingerprint density at radius 1 is 1.14 bits per heavy atom. The van der Waals surface area contributed by atoms with Crippen LogP contribution in [-0.4, -0.2) is 82.2 Å². The molecule has 0 aromatic rings. The average molecular weight is 314 g/mol. The molecule has 0 radical (unpaired) electrons. The second kappa shape index (κ2) is 17.4. The van der Waals surface area contributed by atoms with E-state index in [1.54, 1.807) is 0 Å². The van der Waals surface area contributed by atoms with Crippen molar-refractivity contribution in [3.63, 3.8) is 0 Å². The molecule has 1 saturated heterocycles. The van der Waals surface area contributed by atoms with Crippen molar-refractivity contribution in [2.24, 2.45) is 0 Å². The highest BCUT2D eigenvalue weighted by atomic mass is 16.7. The first-order valence-corrected chi connectivity index (χ1v) is 6.59. The van der Waals surface area contributed by atoms with Crippen molar-refractivity contribution in [1.29, 1.82) is 0 Å². The molecule has 1 aliphatic rings. The molecule has 128 valence electrons. The van der Waals surface area contributed by atoms with Gasteiger partial charge in [-0.15, -0.1) is 0 Å². The van der Waals surface area contributed by atoms with Crippen LogP contribution in [0.5, 0.6) is 0 Å². The molecule has 1 aliphatic heterocycles. The van der Waals surface area contributed by atoms with Gasteiger partial charge in [-0.05, 0) is 0 Å². The summed E-state index contributed by atoms with van der Waals surface area (Å²) in [6.07, 6.45) is -0.562. The molecular weight excluding hydrogens is 288 g/mol. The molecule has 9 nitrogen and oxygen atoms in total. The molecule has 1 fully saturated rings. The van der Waals surface area contributed by atoms with Crippen LogP contribution < -0.4 is 0 Å². The molecule has 6 N–H and O–H groups in total. The maximum absolute atomic E-state index is 9.24. The quantitative estimate of drug-likeness (QED) is 0.234. The first-order valence-electron chi connectivity index (χ1n) is 6.59. The fourth-order valence-electron chi connectivity index (χ4n) is 1.01. The van der Waals surface area contributed by atoms with Crippen LogP contribution in [0, 0.1) is 0 Å². The summed E-state index contributed by atoms with van der Waals surface area (Å²) in [4.78, 5) is 9.24. The first kappa shape index (κ1) is 22.6. The number of ether oxygens (including phenoxy) is 2. The molecular formula is C12H26O9. The third-order valence-electron chi connectivity index (χ3n) is 1.98. The smallest absolute Gasteiger partial charge is 0.162 e. The first-order chi connectivity index (χ1) is 10.0. The Morgan fingerprint density at radius 3 is 2.10 bits per heavy atom. The Balaban J connectivity index is 0. The predicted octanol–water partition coefficient (Wildman–Crippen LogP) is -2.30. The minimum absolute atomic E-state index is 0.0243. The van der Waals surface area contributed by atoms with Crippen LogP contribution in [0.2, 0.25) is 0 Å². The lowest BCUT2D eigenvalue weighted by Crippen LogP contribution is -2.32. The number of hydrogen-bond acceptors (Lipinski definition) is 9. The molecule has 0 bridgehead atoms. The van der Waals surface area contributed by atoms with E-state index in [4.69, 9.17) is 40.1 Å². The topological polar surface area (TPSA) is 157 Å². The molecule has 0 aromatic carbocycles. The number of aliphatic hydroxyl groups is 6. The number of rotatable bonds is 6. The summed E-state index contributed by atoms with van der Waals surface area (Å²) in [5.41, 5.74) is 0. The number of aliphatic hydroxyl groups excluding tert-OH is 5. The normalized spacial score (nSPS) is 20.9. The fraction of sp³-hybridized carbons (Fsp3) is 0.917. The zero-order valence-electron chi connectivity index (χ0n) is 11.9. The van der Waals surface area contributed by atoms with Gasteiger partial charge in [0.2, 0.25) is 0 Å². The third kappa shape index (κ3) is 19.4. The van der Waals surface area contributed by atoms with Crippen LogP contribution in [-0.2, 0) is 14.3 Å². The molecule has 0 aliphatic carbocycles. The standard InChI is InChI=1S/C6H12O4.C3H8O3.C3H6O2/c7-3-1-6-9-4-2-5(8)10-6;4-2-1-3(5)6;4-2-1-3-5/h5-8H,1-4H2;3-6H,1-2H2;2,5H,1,3H2. The number of aldehydes is 1. The SMILES string of the molecule is O=CCCO.OCCC(O)O.OCCC1OCCC(O)O1. The highest BCUT2D eigenvalue weighted by Gasteiger charge is 2.19.